The fraction of sp³-hybridized carbons (Fsp3) is 0.222. The number of rotatable bonds is 3. The molecular formula is C9H8ClNO3. The highest BCUT2D eigenvalue weighted by atomic mass is 35.5. The first-order valence-corrected chi connectivity index (χ1v) is 4.33. The highest BCUT2D eigenvalue weighted by molar-refractivity contribution is 6.32. The predicted octanol–water partition coefficient (Wildman–Crippen LogP) is 2.55. The molecule has 1 unspecified atom stereocenters. The summed E-state index contributed by atoms with van der Waals surface area (Å²) in [5.41, 5.74) is 0.532. The van der Waals surface area contributed by atoms with Gasteiger partial charge in [0, 0.05) is 12.0 Å². The molecule has 0 fully saturated rings. The van der Waals surface area contributed by atoms with Crippen LogP contribution >= 0.6 is 11.6 Å². The van der Waals surface area contributed by atoms with Crippen molar-refractivity contribution in [3.8, 4) is 0 Å². The zero-order valence-electron chi connectivity index (χ0n) is 7.44. The Morgan fingerprint density at radius 2 is 2.21 bits per heavy atom. The van der Waals surface area contributed by atoms with Crippen LogP contribution in [0.3, 0.4) is 0 Å². The van der Waals surface area contributed by atoms with Crippen LogP contribution < -0.4 is 0 Å². The van der Waals surface area contributed by atoms with Crippen molar-refractivity contribution in [3.05, 3.63) is 38.9 Å². The molecule has 0 saturated heterocycles. The lowest BCUT2D eigenvalue weighted by atomic mass is 10.0. The number of aldehydes is 1. The summed E-state index contributed by atoms with van der Waals surface area (Å²) >= 11 is 5.67. The predicted molar refractivity (Wildman–Crippen MR) is 52.6 cm³/mol. The van der Waals surface area contributed by atoms with Crippen LogP contribution in [-0.2, 0) is 4.79 Å². The molecule has 1 aromatic rings. The molecule has 1 rings (SSSR count). The van der Waals surface area contributed by atoms with E-state index in [2.05, 4.69) is 0 Å². The van der Waals surface area contributed by atoms with E-state index in [1.54, 1.807) is 6.92 Å². The molecule has 0 N–H and O–H groups in total. The van der Waals surface area contributed by atoms with Crippen molar-refractivity contribution in [2.24, 2.45) is 0 Å². The van der Waals surface area contributed by atoms with Crippen LogP contribution in [0.2, 0.25) is 5.02 Å². The second-order valence-corrected chi connectivity index (χ2v) is 3.30. The molecule has 1 aromatic carbocycles. The molecule has 74 valence electrons. The summed E-state index contributed by atoms with van der Waals surface area (Å²) in [6.07, 6.45) is 0.761. The third-order valence-corrected chi connectivity index (χ3v) is 2.20. The molecule has 0 aliphatic carbocycles. The Kier molecular flexibility index (Phi) is 3.19. The van der Waals surface area contributed by atoms with Gasteiger partial charge in [0.2, 0.25) is 0 Å². The van der Waals surface area contributed by atoms with Gasteiger partial charge in [0.1, 0.15) is 11.3 Å². The van der Waals surface area contributed by atoms with Gasteiger partial charge in [-0.2, -0.15) is 0 Å². The van der Waals surface area contributed by atoms with Crippen LogP contribution in [0, 0.1) is 10.1 Å². The molecule has 14 heavy (non-hydrogen) atoms. The van der Waals surface area contributed by atoms with Gasteiger partial charge >= 0.3 is 0 Å². The average Bonchev–Trinajstić information content (AvgIpc) is 2.15. The number of nitro benzene ring substituents is 1. The first-order chi connectivity index (χ1) is 6.56. The first kappa shape index (κ1) is 10.7. The molecule has 0 radical (unpaired) electrons. The van der Waals surface area contributed by atoms with Gasteiger partial charge < -0.3 is 4.79 Å². The summed E-state index contributed by atoms with van der Waals surface area (Å²) in [4.78, 5) is 20.3. The molecule has 0 saturated carbocycles. The number of carbonyl (C=O) groups excluding carboxylic acids is 1. The van der Waals surface area contributed by atoms with E-state index in [-0.39, 0.29) is 16.6 Å². The molecule has 4 nitrogen and oxygen atoms in total. The van der Waals surface area contributed by atoms with E-state index in [0.717, 1.165) is 6.29 Å². The summed E-state index contributed by atoms with van der Waals surface area (Å²) in [7, 11) is 0. The van der Waals surface area contributed by atoms with E-state index in [0.29, 0.717) is 5.56 Å². The summed E-state index contributed by atoms with van der Waals surface area (Å²) < 4.78 is 0. The molecule has 0 heterocycles. The molecule has 1 atom stereocenters. The van der Waals surface area contributed by atoms with E-state index < -0.39 is 4.92 Å². The lowest BCUT2D eigenvalue weighted by Crippen LogP contribution is -1.96. The zero-order chi connectivity index (χ0) is 10.7. The Bertz CT molecular complexity index is 378. The number of halogens is 1. The van der Waals surface area contributed by atoms with Crippen molar-refractivity contribution in [1.82, 2.24) is 0 Å². The normalized spacial score (nSPS) is 12.1. The number of hydrogen-bond donors (Lipinski definition) is 0. The van der Waals surface area contributed by atoms with Gasteiger partial charge in [-0.25, -0.2) is 0 Å². The van der Waals surface area contributed by atoms with Crippen LogP contribution in [0.15, 0.2) is 18.2 Å². The molecule has 0 aromatic heterocycles. The number of nitrogens with zero attached hydrogens (tertiary/aromatic N) is 1. The van der Waals surface area contributed by atoms with Crippen molar-refractivity contribution in [2.45, 2.75) is 12.8 Å². The summed E-state index contributed by atoms with van der Waals surface area (Å²) in [6.45, 7) is 1.70. The Morgan fingerprint density at radius 3 is 2.64 bits per heavy atom. The van der Waals surface area contributed by atoms with E-state index in [4.69, 9.17) is 11.6 Å². The highest BCUT2D eigenvalue weighted by Gasteiger charge is 2.14. The second-order valence-electron chi connectivity index (χ2n) is 2.89. The lowest BCUT2D eigenvalue weighted by molar-refractivity contribution is -0.384. The maximum Gasteiger partial charge on any atom is 0.287 e. The van der Waals surface area contributed by atoms with Gasteiger partial charge in [-0.15, -0.1) is 0 Å². The minimum atomic E-state index is -0.558. The van der Waals surface area contributed by atoms with Crippen LogP contribution in [0.4, 0.5) is 5.69 Å². The van der Waals surface area contributed by atoms with Crippen LogP contribution in [0.1, 0.15) is 18.4 Å². The molecular weight excluding hydrogens is 206 g/mol. The third-order valence-electron chi connectivity index (χ3n) is 1.90. The quantitative estimate of drug-likeness (QED) is 0.440. The molecule has 5 heteroatoms. The smallest absolute Gasteiger partial charge is 0.287 e. The second kappa shape index (κ2) is 4.19. The van der Waals surface area contributed by atoms with E-state index >= 15 is 0 Å². The first-order valence-electron chi connectivity index (χ1n) is 3.95. The van der Waals surface area contributed by atoms with Crippen molar-refractivity contribution in [1.29, 1.82) is 0 Å². The van der Waals surface area contributed by atoms with Crippen LogP contribution in [0.25, 0.3) is 0 Å². The van der Waals surface area contributed by atoms with Gasteiger partial charge in [-0.05, 0) is 11.6 Å². The van der Waals surface area contributed by atoms with Crippen molar-refractivity contribution in [3.63, 3.8) is 0 Å². The Labute approximate surface area is 85.6 Å². The van der Waals surface area contributed by atoms with Gasteiger partial charge in [0.15, 0.2) is 0 Å². The monoisotopic (exact) mass is 213 g/mol. The van der Waals surface area contributed by atoms with E-state index in [1.807, 2.05) is 0 Å². The van der Waals surface area contributed by atoms with Gasteiger partial charge in [0.25, 0.3) is 5.69 Å². The number of benzene rings is 1. The van der Waals surface area contributed by atoms with E-state index in [9.17, 15) is 14.9 Å². The number of nitro groups is 1. The number of carbonyl (C=O) groups is 1. The lowest BCUT2D eigenvalue weighted by Gasteiger charge is -2.03. The molecule has 0 spiro atoms. The Hall–Kier alpha value is -1.42. The third kappa shape index (κ3) is 2.09. The topological polar surface area (TPSA) is 60.2 Å². The van der Waals surface area contributed by atoms with E-state index in [1.165, 1.54) is 18.2 Å². The summed E-state index contributed by atoms with van der Waals surface area (Å²) in [5, 5.41) is 10.5. The maximum atomic E-state index is 10.5. The minimum Gasteiger partial charge on any atom is -0.303 e. The minimum absolute atomic E-state index is 0.0567. The Balaban J connectivity index is 3.12. The standard InChI is InChI=1S/C9H8ClNO3/c1-6(5-12)7-2-3-9(11(13)14)8(10)4-7/h2-6H,1H3. The molecule has 0 bridgehead atoms. The summed E-state index contributed by atoms with van der Waals surface area (Å²) in [5.74, 6) is -0.298. The van der Waals surface area contributed by atoms with Gasteiger partial charge in [0.05, 0.1) is 4.92 Å². The van der Waals surface area contributed by atoms with Crippen LogP contribution in [-0.4, -0.2) is 11.2 Å². The highest BCUT2D eigenvalue weighted by Crippen LogP contribution is 2.27. The SMILES string of the molecule is CC(C=O)c1ccc([N+](=O)[O-])c(Cl)c1. The zero-order valence-corrected chi connectivity index (χ0v) is 8.19. The molecule has 0 aliphatic rings. The van der Waals surface area contributed by atoms with Crippen LogP contribution in [0.5, 0.6) is 0 Å². The average molecular weight is 214 g/mol. The van der Waals surface area contributed by atoms with Crippen molar-refractivity contribution in [2.75, 3.05) is 0 Å². The maximum absolute atomic E-state index is 10.5. The van der Waals surface area contributed by atoms with Crippen molar-refractivity contribution >= 4 is 23.6 Å². The van der Waals surface area contributed by atoms with Crippen molar-refractivity contribution < 1.29 is 9.72 Å². The fourth-order valence-corrected chi connectivity index (χ4v) is 1.29. The summed E-state index contributed by atoms with van der Waals surface area (Å²) in [6, 6.07) is 4.28. The molecule has 0 aliphatic heterocycles. The van der Waals surface area contributed by atoms with Gasteiger partial charge in [-0.1, -0.05) is 24.6 Å². The largest absolute Gasteiger partial charge is 0.303 e. The fourth-order valence-electron chi connectivity index (χ4n) is 1.03. The van der Waals surface area contributed by atoms with Gasteiger partial charge in [-0.3, -0.25) is 10.1 Å². The molecule has 0 amide bonds. The Morgan fingerprint density at radius 1 is 1.57 bits per heavy atom. The number of hydrogen-bond acceptors (Lipinski definition) is 3.